The minimum Gasteiger partial charge on any atom is -0.504 e. The second-order valence-electron chi connectivity index (χ2n) is 4.13. The lowest BCUT2D eigenvalue weighted by molar-refractivity contribution is 0.373. The second-order valence-corrected chi connectivity index (χ2v) is 5.05. The van der Waals surface area contributed by atoms with Crippen molar-refractivity contribution in [1.29, 1.82) is 0 Å². The number of aryl methyl sites for hydroxylation is 2. The number of phenols is 1. The SMILES string of the molecule is COc1ccc(CCc2ccc(Br)cc2)cc1O. The van der Waals surface area contributed by atoms with Crippen molar-refractivity contribution in [1.82, 2.24) is 0 Å². The summed E-state index contributed by atoms with van der Waals surface area (Å²) in [4.78, 5) is 0. The Kier molecular flexibility index (Phi) is 4.26. The lowest BCUT2D eigenvalue weighted by Gasteiger charge is -2.06. The molecule has 2 nitrogen and oxygen atoms in total. The number of benzene rings is 2. The number of phenolic OH excluding ortho intramolecular Hbond substituents is 1. The molecule has 0 fully saturated rings. The average Bonchev–Trinajstić information content (AvgIpc) is 2.38. The summed E-state index contributed by atoms with van der Waals surface area (Å²) in [7, 11) is 1.55. The molecule has 2 rings (SSSR count). The number of aromatic hydroxyl groups is 1. The first-order chi connectivity index (χ1) is 8.69. The van der Waals surface area contributed by atoms with Crippen LogP contribution in [-0.2, 0) is 12.8 Å². The van der Waals surface area contributed by atoms with Gasteiger partial charge in [0.2, 0.25) is 0 Å². The Morgan fingerprint density at radius 2 is 1.61 bits per heavy atom. The fraction of sp³-hybridized carbons (Fsp3) is 0.200. The van der Waals surface area contributed by atoms with Crippen LogP contribution in [0.25, 0.3) is 0 Å². The molecule has 0 bridgehead atoms. The maximum absolute atomic E-state index is 9.69. The predicted octanol–water partition coefficient (Wildman–Crippen LogP) is 3.95. The van der Waals surface area contributed by atoms with Gasteiger partial charge in [0.25, 0.3) is 0 Å². The van der Waals surface area contributed by atoms with Gasteiger partial charge in [0, 0.05) is 4.47 Å². The Labute approximate surface area is 115 Å². The molecule has 2 aromatic carbocycles. The van der Waals surface area contributed by atoms with Gasteiger partial charge in [-0.2, -0.15) is 0 Å². The van der Waals surface area contributed by atoms with Gasteiger partial charge in [-0.25, -0.2) is 0 Å². The van der Waals surface area contributed by atoms with Crippen LogP contribution in [0, 0.1) is 0 Å². The maximum Gasteiger partial charge on any atom is 0.160 e. The molecule has 94 valence electrons. The molecule has 0 aliphatic heterocycles. The van der Waals surface area contributed by atoms with E-state index >= 15 is 0 Å². The van der Waals surface area contributed by atoms with Crippen LogP contribution in [-0.4, -0.2) is 12.2 Å². The summed E-state index contributed by atoms with van der Waals surface area (Å²) < 4.78 is 6.11. The molecule has 0 heterocycles. The summed E-state index contributed by atoms with van der Waals surface area (Å²) in [5.74, 6) is 0.716. The summed E-state index contributed by atoms with van der Waals surface area (Å²) >= 11 is 3.42. The van der Waals surface area contributed by atoms with Crippen molar-refractivity contribution in [3.8, 4) is 11.5 Å². The summed E-state index contributed by atoms with van der Waals surface area (Å²) in [5.41, 5.74) is 2.39. The lowest BCUT2D eigenvalue weighted by Crippen LogP contribution is -1.92. The van der Waals surface area contributed by atoms with Gasteiger partial charge in [0.05, 0.1) is 7.11 Å². The van der Waals surface area contributed by atoms with E-state index in [1.54, 1.807) is 19.2 Å². The van der Waals surface area contributed by atoms with Crippen LogP contribution in [0.2, 0.25) is 0 Å². The van der Waals surface area contributed by atoms with Crippen molar-refractivity contribution >= 4 is 15.9 Å². The fourth-order valence-electron chi connectivity index (χ4n) is 1.83. The number of ether oxygens (including phenoxy) is 1. The van der Waals surface area contributed by atoms with Crippen molar-refractivity contribution in [3.63, 3.8) is 0 Å². The van der Waals surface area contributed by atoms with Gasteiger partial charge in [-0.3, -0.25) is 0 Å². The molecule has 0 aliphatic rings. The Morgan fingerprint density at radius 3 is 2.22 bits per heavy atom. The molecule has 0 atom stereocenters. The summed E-state index contributed by atoms with van der Waals surface area (Å²) in [6.45, 7) is 0. The Bertz CT molecular complexity index is 521. The molecule has 0 saturated heterocycles. The van der Waals surface area contributed by atoms with E-state index in [1.165, 1.54) is 5.56 Å². The summed E-state index contributed by atoms with van der Waals surface area (Å²) in [6.07, 6.45) is 1.86. The van der Waals surface area contributed by atoms with E-state index in [0.29, 0.717) is 5.75 Å². The monoisotopic (exact) mass is 306 g/mol. The van der Waals surface area contributed by atoms with Gasteiger partial charge in [0.1, 0.15) is 0 Å². The maximum atomic E-state index is 9.69. The first-order valence-electron chi connectivity index (χ1n) is 5.79. The lowest BCUT2D eigenvalue weighted by atomic mass is 10.0. The van der Waals surface area contributed by atoms with Crippen LogP contribution in [0.5, 0.6) is 11.5 Å². The highest BCUT2D eigenvalue weighted by atomic mass is 79.9. The first-order valence-corrected chi connectivity index (χ1v) is 6.58. The molecule has 3 heteroatoms. The number of hydrogen-bond donors (Lipinski definition) is 1. The van der Waals surface area contributed by atoms with Crippen LogP contribution in [0.1, 0.15) is 11.1 Å². The average molecular weight is 307 g/mol. The zero-order valence-electron chi connectivity index (χ0n) is 10.2. The largest absolute Gasteiger partial charge is 0.504 e. The van der Waals surface area contributed by atoms with Gasteiger partial charge in [0.15, 0.2) is 11.5 Å². The molecule has 0 spiro atoms. The van der Waals surface area contributed by atoms with Crippen molar-refractivity contribution in [2.45, 2.75) is 12.8 Å². The molecule has 18 heavy (non-hydrogen) atoms. The van der Waals surface area contributed by atoms with E-state index in [0.717, 1.165) is 22.9 Å². The standard InChI is InChI=1S/C15H15BrO2/c1-18-15-9-6-12(10-14(15)17)3-2-11-4-7-13(16)8-5-11/h4-10,17H,2-3H2,1H3. The van der Waals surface area contributed by atoms with E-state index in [2.05, 4.69) is 28.1 Å². The van der Waals surface area contributed by atoms with Crippen LogP contribution in [0.15, 0.2) is 46.9 Å². The van der Waals surface area contributed by atoms with Crippen molar-refractivity contribution < 1.29 is 9.84 Å². The van der Waals surface area contributed by atoms with E-state index in [-0.39, 0.29) is 5.75 Å². The van der Waals surface area contributed by atoms with Crippen LogP contribution < -0.4 is 4.74 Å². The number of rotatable bonds is 4. The topological polar surface area (TPSA) is 29.5 Å². The smallest absolute Gasteiger partial charge is 0.160 e. The molecule has 0 unspecified atom stereocenters. The third kappa shape index (κ3) is 3.26. The Morgan fingerprint density at radius 1 is 1.00 bits per heavy atom. The van der Waals surface area contributed by atoms with E-state index < -0.39 is 0 Å². The Hall–Kier alpha value is -1.48. The molecule has 0 aliphatic carbocycles. The summed E-state index contributed by atoms with van der Waals surface area (Å²) in [6, 6.07) is 13.8. The molecular formula is C15H15BrO2. The summed E-state index contributed by atoms with van der Waals surface area (Å²) in [5, 5.41) is 9.69. The van der Waals surface area contributed by atoms with E-state index in [1.807, 2.05) is 18.2 Å². The first kappa shape index (κ1) is 13.0. The highest BCUT2D eigenvalue weighted by molar-refractivity contribution is 9.10. The van der Waals surface area contributed by atoms with E-state index in [9.17, 15) is 5.11 Å². The van der Waals surface area contributed by atoms with Gasteiger partial charge < -0.3 is 9.84 Å². The fourth-order valence-corrected chi connectivity index (χ4v) is 2.10. The number of halogens is 1. The van der Waals surface area contributed by atoms with Gasteiger partial charge >= 0.3 is 0 Å². The van der Waals surface area contributed by atoms with Gasteiger partial charge in [-0.05, 0) is 48.2 Å². The molecular weight excluding hydrogens is 292 g/mol. The molecule has 0 aromatic heterocycles. The quantitative estimate of drug-likeness (QED) is 0.927. The minimum atomic E-state index is 0.200. The van der Waals surface area contributed by atoms with Crippen molar-refractivity contribution in [3.05, 3.63) is 58.1 Å². The van der Waals surface area contributed by atoms with Crippen LogP contribution in [0.3, 0.4) is 0 Å². The van der Waals surface area contributed by atoms with Gasteiger partial charge in [-0.1, -0.05) is 34.1 Å². The highest BCUT2D eigenvalue weighted by Gasteiger charge is 2.02. The van der Waals surface area contributed by atoms with Crippen LogP contribution in [0.4, 0.5) is 0 Å². The highest BCUT2D eigenvalue weighted by Crippen LogP contribution is 2.26. The van der Waals surface area contributed by atoms with Crippen molar-refractivity contribution in [2.24, 2.45) is 0 Å². The zero-order valence-corrected chi connectivity index (χ0v) is 11.8. The van der Waals surface area contributed by atoms with E-state index in [4.69, 9.17) is 4.74 Å². The third-order valence-corrected chi connectivity index (χ3v) is 3.39. The second kappa shape index (κ2) is 5.91. The molecule has 2 aromatic rings. The molecule has 0 amide bonds. The molecule has 1 N–H and O–H groups in total. The predicted molar refractivity (Wildman–Crippen MR) is 76.2 cm³/mol. The van der Waals surface area contributed by atoms with Gasteiger partial charge in [-0.15, -0.1) is 0 Å². The normalized spacial score (nSPS) is 10.3. The third-order valence-electron chi connectivity index (χ3n) is 2.86. The Balaban J connectivity index is 2.02. The number of hydrogen-bond acceptors (Lipinski definition) is 2. The minimum absolute atomic E-state index is 0.200. The molecule has 0 saturated carbocycles. The number of methoxy groups -OCH3 is 1. The zero-order chi connectivity index (χ0) is 13.0. The molecule has 0 radical (unpaired) electrons. The van der Waals surface area contributed by atoms with Crippen molar-refractivity contribution in [2.75, 3.05) is 7.11 Å². The van der Waals surface area contributed by atoms with Crippen LogP contribution >= 0.6 is 15.9 Å².